The van der Waals surface area contributed by atoms with Crippen molar-refractivity contribution >= 4 is 15.9 Å². The molecule has 0 aliphatic heterocycles. The third kappa shape index (κ3) is 3.62. The number of nitrogens with zero attached hydrogens (tertiary/aromatic N) is 1. The molecule has 0 radical (unpaired) electrons. The van der Waals surface area contributed by atoms with Crippen molar-refractivity contribution in [1.82, 2.24) is 10.3 Å². The first kappa shape index (κ1) is 14.2. The van der Waals surface area contributed by atoms with E-state index in [2.05, 4.69) is 26.2 Å². The molecule has 0 atom stereocenters. The number of hydrogen-bond donors (Lipinski definition) is 1. The molecule has 1 aromatic heterocycles. The van der Waals surface area contributed by atoms with Gasteiger partial charge in [-0.15, -0.1) is 0 Å². The van der Waals surface area contributed by atoms with Crippen LogP contribution in [0.4, 0.5) is 4.39 Å². The monoisotopic (exact) mass is 328 g/mol. The molecule has 0 bridgehead atoms. The standard InChI is InChI=1S/C13H14BrFN2O2/c1-18-6-5-16-8-12-17-7-11(19-12)9-3-2-4-10(14)13(9)15/h2-4,7,16H,5-6,8H2,1H3. The lowest BCUT2D eigenvalue weighted by Gasteiger charge is -2.01. The Kier molecular flexibility index (Phi) is 5.07. The van der Waals surface area contributed by atoms with Gasteiger partial charge in [0.2, 0.25) is 5.89 Å². The quantitative estimate of drug-likeness (QED) is 0.828. The van der Waals surface area contributed by atoms with Gasteiger partial charge in [0.25, 0.3) is 0 Å². The van der Waals surface area contributed by atoms with E-state index in [1.807, 2.05) is 0 Å². The minimum Gasteiger partial charge on any atom is -0.439 e. The van der Waals surface area contributed by atoms with Gasteiger partial charge in [-0.1, -0.05) is 6.07 Å². The topological polar surface area (TPSA) is 47.3 Å². The van der Waals surface area contributed by atoms with Crippen LogP contribution in [0, 0.1) is 5.82 Å². The van der Waals surface area contributed by atoms with Crippen molar-refractivity contribution in [2.45, 2.75) is 6.54 Å². The summed E-state index contributed by atoms with van der Waals surface area (Å²) in [4.78, 5) is 4.11. The molecule has 1 N–H and O–H groups in total. The van der Waals surface area contributed by atoms with E-state index in [9.17, 15) is 4.39 Å². The van der Waals surface area contributed by atoms with Gasteiger partial charge in [0, 0.05) is 13.7 Å². The summed E-state index contributed by atoms with van der Waals surface area (Å²) in [5, 5.41) is 3.11. The summed E-state index contributed by atoms with van der Waals surface area (Å²) in [6.45, 7) is 1.81. The highest BCUT2D eigenvalue weighted by molar-refractivity contribution is 9.10. The third-order valence-corrected chi connectivity index (χ3v) is 3.14. The Morgan fingerprint density at radius 1 is 1.47 bits per heavy atom. The first-order valence-electron chi connectivity index (χ1n) is 5.81. The van der Waals surface area contributed by atoms with E-state index < -0.39 is 0 Å². The minimum atomic E-state index is -0.349. The van der Waals surface area contributed by atoms with E-state index in [1.54, 1.807) is 25.3 Å². The van der Waals surface area contributed by atoms with Crippen LogP contribution in [0.3, 0.4) is 0 Å². The highest BCUT2D eigenvalue weighted by atomic mass is 79.9. The summed E-state index contributed by atoms with van der Waals surface area (Å²) < 4.78 is 24.7. The van der Waals surface area contributed by atoms with Gasteiger partial charge in [-0.05, 0) is 28.1 Å². The maximum atomic E-state index is 13.9. The largest absolute Gasteiger partial charge is 0.439 e. The average Bonchev–Trinajstić information content (AvgIpc) is 2.87. The van der Waals surface area contributed by atoms with Crippen molar-refractivity contribution in [3.05, 3.63) is 40.6 Å². The van der Waals surface area contributed by atoms with Crippen molar-refractivity contribution in [3.8, 4) is 11.3 Å². The van der Waals surface area contributed by atoms with Gasteiger partial charge in [0.15, 0.2) is 5.76 Å². The van der Waals surface area contributed by atoms with Crippen molar-refractivity contribution in [3.63, 3.8) is 0 Å². The second-order valence-corrected chi connectivity index (χ2v) is 4.74. The van der Waals surface area contributed by atoms with Crippen LogP contribution in [0.1, 0.15) is 5.89 Å². The maximum Gasteiger partial charge on any atom is 0.208 e. The maximum absolute atomic E-state index is 13.9. The van der Waals surface area contributed by atoms with Crippen molar-refractivity contribution in [1.29, 1.82) is 0 Å². The van der Waals surface area contributed by atoms with Gasteiger partial charge in [-0.2, -0.15) is 0 Å². The van der Waals surface area contributed by atoms with Gasteiger partial charge < -0.3 is 14.5 Å². The second-order valence-electron chi connectivity index (χ2n) is 3.89. The van der Waals surface area contributed by atoms with Crippen molar-refractivity contribution < 1.29 is 13.5 Å². The Morgan fingerprint density at radius 2 is 2.32 bits per heavy atom. The highest BCUT2D eigenvalue weighted by Gasteiger charge is 2.12. The normalized spacial score (nSPS) is 10.9. The number of benzene rings is 1. The molecule has 0 saturated heterocycles. The Labute approximate surface area is 119 Å². The molecule has 2 aromatic rings. The molecule has 0 fully saturated rings. The predicted octanol–water partition coefficient (Wildman–Crippen LogP) is 2.98. The molecule has 0 aliphatic carbocycles. The summed E-state index contributed by atoms with van der Waals surface area (Å²) >= 11 is 3.15. The summed E-state index contributed by atoms with van der Waals surface area (Å²) in [6.07, 6.45) is 1.53. The SMILES string of the molecule is COCCNCc1ncc(-c2cccc(Br)c2F)o1. The molecular formula is C13H14BrFN2O2. The Balaban J connectivity index is 2.06. The third-order valence-electron chi connectivity index (χ3n) is 2.53. The van der Waals surface area contributed by atoms with Crippen LogP contribution in [0.2, 0.25) is 0 Å². The number of hydrogen-bond acceptors (Lipinski definition) is 4. The van der Waals surface area contributed by atoms with E-state index in [0.29, 0.717) is 41.4 Å². The van der Waals surface area contributed by atoms with Crippen LogP contribution in [0.5, 0.6) is 0 Å². The minimum absolute atomic E-state index is 0.349. The number of methoxy groups -OCH3 is 1. The zero-order valence-corrected chi connectivity index (χ0v) is 12.0. The van der Waals surface area contributed by atoms with Crippen LogP contribution >= 0.6 is 15.9 Å². The van der Waals surface area contributed by atoms with E-state index in [1.165, 1.54) is 6.20 Å². The van der Waals surface area contributed by atoms with Crippen molar-refractivity contribution in [2.75, 3.05) is 20.3 Å². The van der Waals surface area contributed by atoms with Crippen LogP contribution in [-0.2, 0) is 11.3 Å². The molecule has 0 spiro atoms. The zero-order chi connectivity index (χ0) is 13.7. The first-order chi connectivity index (χ1) is 9.22. The smallest absolute Gasteiger partial charge is 0.208 e. The van der Waals surface area contributed by atoms with Crippen LogP contribution < -0.4 is 5.32 Å². The lowest BCUT2D eigenvalue weighted by Crippen LogP contribution is -2.18. The fraction of sp³-hybridized carbons (Fsp3) is 0.308. The van der Waals surface area contributed by atoms with Gasteiger partial charge in [0.05, 0.1) is 29.4 Å². The fourth-order valence-corrected chi connectivity index (χ4v) is 1.95. The fourth-order valence-electron chi connectivity index (χ4n) is 1.58. The molecular weight excluding hydrogens is 315 g/mol. The highest BCUT2D eigenvalue weighted by Crippen LogP contribution is 2.28. The van der Waals surface area contributed by atoms with E-state index >= 15 is 0 Å². The summed E-state index contributed by atoms with van der Waals surface area (Å²) in [5.41, 5.74) is 0.394. The van der Waals surface area contributed by atoms with E-state index in [0.717, 1.165) is 0 Å². The van der Waals surface area contributed by atoms with Gasteiger partial charge in [-0.3, -0.25) is 0 Å². The van der Waals surface area contributed by atoms with Gasteiger partial charge >= 0.3 is 0 Å². The van der Waals surface area contributed by atoms with Crippen LogP contribution in [-0.4, -0.2) is 25.2 Å². The predicted molar refractivity (Wildman–Crippen MR) is 73.2 cm³/mol. The Morgan fingerprint density at radius 3 is 3.11 bits per heavy atom. The Bertz CT molecular complexity index is 545. The number of oxazole rings is 1. The molecule has 0 unspecified atom stereocenters. The molecule has 1 heterocycles. The molecule has 19 heavy (non-hydrogen) atoms. The van der Waals surface area contributed by atoms with E-state index in [-0.39, 0.29) is 5.82 Å². The molecule has 6 heteroatoms. The number of rotatable bonds is 6. The van der Waals surface area contributed by atoms with Crippen molar-refractivity contribution in [2.24, 2.45) is 0 Å². The number of aromatic nitrogens is 1. The van der Waals surface area contributed by atoms with Gasteiger partial charge in [-0.25, -0.2) is 9.37 Å². The molecule has 0 saturated carbocycles. The first-order valence-corrected chi connectivity index (χ1v) is 6.60. The molecule has 102 valence electrons. The summed E-state index contributed by atoms with van der Waals surface area (Å²) in [5.74, 6) is 0.588. The lowest BCUT2D eigenvalue weighted by molar-refractivity contribution is 0.198. The molecule has 0 aliphatic rings. The second kappa shape index (κ2) is 6.79. The zero-order valence-electron chi connectivity index (χ0n) is 10.5. The van der Waals surface area contributed by atoms with Gasteiger partial charge in [0.1, 0.15) is 5.82 Å². The molecule has 4 nitrogen and oxygen atoms in total. The molecule has 1 aromatic carbocycles. The van der Waals surface area contributed by atoms with Crippen LogP contribution in [0.25, 0.3) is 11.3 Å². The lowest BCUT2D eigenvalue weighted by atomic mass is 10.2. The Hall–Kier alpha value is -1.24. The molecule has 0 amide bonds. The average molecular weight is 329 g/mol. The number of ether oxygens (including phenoxy) is 1. The molecule has 2 rings (SSSR count). The van der Waals surface area contributed by atoms with Crippen LogP contribution in [0.15, 0.2) is 33.3 Å². The number of halogens is 2. The van der Waals surface area contributed by atoms with E-state index in [4.69, 9.17) is 9.15 Å². The summed E-state index contributed by atoms with van der Waals surface area (Å²) in [6, 6.07) is 5.05. The number of nitrogens with one attached hydrogen (secondary N) is 1. The summed E-state index contributed by atoms with van der Waals surface area (Å²) in [7, 11) is 1.64.